The van der Waals surface area contributed by atoms with E-state index in [1.165, 1.54) is 0 Å². The van der Waals surface area contributed by atoms with E-state index in [0.717, 1.165) is 11.0 Å². The monoisotopic (exact) mass is 268 g/mol. The first-order chi connectivity index (χ1) is 9.67. The lowest BCUT2D eigenvalue weighted by Gasteiger charge is -2.04. The van der Waals surface area contributed by atoms with Crippen LogP contribution in [0.3, 0.4) is 0 Å². The first kappa shape index (κ1) is 12.2. The summed E-state index contributed by atoms with van der Waals surface area (Å²) in [7, 11) is 0. The molecule has 2 heterocycles. The number of nitrogens with zero attached hydrogens (tertiary/aromatic N) is 5. The first-order valence-electron chi connectivity index (χ1n) is 6.12. The number of rotatable bonds is 3. The number of nitrogens with two attached hydrogens (primary N) is 1. The number of nitrogen functional groups attached to an aromatic ring is 1. The fourth-order valence-electron chi connectivity index (χ4n) is 2.09. The van der Waals surface area contributed by atoms with E-state index in [4.69, 9.17) is 15.5 Å². The Kier molecular flexibility index (Phi) is 2.84. The van der Waals surface area contributed by atoms with E-state index in [0.29, 0.717) is 36.2 Å². The molecule has 0 amide bonds. The van der Waals surface area contributed by atoms with Gasteiger partial charge in [-0.2, -0.15) is 10.2 Å². The molecule has 0 aliphatic carbocycles. The van der Waals surface area contributed by atoms with E-state index >= 15 is 0 Å². The highest BCUT2D eigenvalue weighted by atomic mass is 16.5. The molecule has 3 aromatic rings. The number of hydrogen-bond acceptors (Lipinski definition) is 6. The van der Waals surface area contributed by atoms with Gasteiger partial charge in [0, 0.05) is 13.0 Å². The molecule has 0 aliphatic heterocycles. The van der Waals surface area contributed by atoms with Crippen LogP contribution in [0.25, 0.3) is 11.0 Å². The van der Waals surface area contributed by atoms with Crippen LogP contribution in [0.15, 0.2) is 22.7 Å². The summed E-state index contributed by atoms with van der Waals surface area (Å²) >= 11 is 0. The van der Waals surface area contributed by atoms with Gasteiger partial charge in [-0.05, 0) is 25.1 Å². The number of benzene rings is 1. The zero-order chi connectivity index (χ0) is 14.1. The van der Waals surface area contributed by atoms with E-state index in [-0.39, 0.29) is 0 Å². The van der Waals surface area contributed by atoms with Gasteiger partial charge in [0.25, 0.3) is 0 Å². The fraction of sp³-hybridized carbons (Fsp3) is 0.231. The van der Waals surface area contributed by atoms with Gasteiger partial charge in [-0.1, -0.05) is 5.16 Å². The minimum atomic E-state index is 0.409. The minimum Gasteiger partial charge on any atom is -0.369 e. The topological polar surface area (TPSA) is 107 Å². The van der Waals surface area contributed by atoms with Crippen LogP contribution in [0.1, 0.15) is 17.3 Å². The van der Waals surface area contributed by atoms with Gasteiger partial charge in [-0.3, -0.25) is 0 Å². The summed E-state index contributed by atoms with van der Waals surface area (Å²) in [5.74, 6) is 1.57. The highest BCUT2D eigenvalue weighted by Gasteiger charge is 2.10. The van der Waals surface area contributed by atoms with Crippen LogP contribution in [0.4, 0.5) is 5.95 Å². The highest BCUT2D eigenvalue weighted by molar-refractivity contribution is 5.79. The predicted octanol–water partition coefficient (Wildman–Crippen LogP) is 1.42. The SMILES string of the molecule is Cc1noc(CCn2c(N)nc3ccc(C#N)cc32)n1. The number of anilines is 1. The maximum Gasteiger partial charge on any atom is 0.228 e. The molecule has 7 nitrogen and oxygen atoms in total. The summed E-state index contributed by atoms with van der Waals surface area (Å²) in [6.07, 6.45) is 0.563. The van der Waals surface area contributed by atoms with E-state index in [2.05, 4.69) is 21.2 Å². The summed E-state index contributed by atoms with van der Waals surface area (Å²) in [5.41, 5.74) is 8.09. The summed E-state index contributed by atoms with van der Waals surface area (Å²) in [4.78, 5) is 8.42. The van der Waals surface area contributed by atoms with E-state index in [1.54, 1.807) is 25.1 Å². The van der Waals surface area contributed by atoms with Crippen molar-refractivity contribution in [3.05, 3.63) is 35.5 Å². The molecule has 0 fully saturated rings. The molecule has 2 aromatic heterocycles. The number of fused-ring (bicyclic) bond motifs is 1. The van der Waals surface area contributed by atoms with Gasteiger partial charge in [0.05, 0.1) is 22.7 Å². The van der Waals surface area contributed by atoms with Crippen molar-refractivity contribution in [2.45, 2.75) is 19.9 Å². The molecule has 3 rings (SSSR count). The maximum atomic E-state index is 8.96. The quantitative estimate of drug-likeness (QED) is 0.769. The Balaban J connectivity index is 1.94. The minimum absolute atomic E-state index is 0.409. The third-order valence-electron chi connectivity index (χ3n) is 3.03. The molecule has 0 atom stereocenters. The normalized spacial score (nSPS) is 10.8. The van der Waals surface area contributed by atoms with Gasteiger partial charge >= 0.3 is 0 Å². The summed E-state index contributed by atoms with van der Waals surface area (Å²) in [6, 6.07) is 7.40. The van der Waals surface area contributed by atoms with Gasteiger partial charge in [0.1, 0.15) is 0 Å². The van der Waals surface area contributed by atoms with Crippen LogP contribution < -0.4 is 5.73 Å². The average molecular weight is 268 g/mol. The van der Waals surface area contributed by atoms with Gasteiger partial charge in [-0.15, -0.1) is 0 Å². The number of nitriles is 1. The summed E-state index contributed by atoms with van der Waals surface area (Å²) in [5, 5.41) is 12.7. The molecule has 1 aromatic carbocycles. The standard InChI is InChI=1S/C13H12N6O/c1-8-16-12(20-18-8)4-5-19-11-6-9(7-14)2-3-10(11)17-13(19)15/h2-3,6H,4-5H2,1H3,(H2,15,17). The zero-order valence-electron chi connectivity index (χ0n) is 10.9. The Hall–Kier alpha value is -2.88. The lowest BCUT2D eigenvalue weighted by molar-refractivity contribution is 0.369. The molecular formula is C13H12N6O. The lowest BCUT2D eigenvalue weighted by atomic mass is 10.2. The molecule has 20 heavy (non-hydrogen) atoms. The average Bonchev–Trinajstić information content (AvgIpc) is 2.98. The lowest BCUT2D eigenvalue weighted by Crippen LogP contribution is -2.06. The first-order valence-corrected chi connectivity index (χ1v) is 6.12. The molecule has 0 radical (unpaired) electrons. The Bertz CT molecular complexity index is 810. The predicted molar refractivity (Wildman–Crippen MR) is 71.6 cm³/mol. The molecule has 0 bridgehead atoms. The Morgan fingerprint density at radius 2 is 2.25 bits per heavy atom. The molecule has 0 saturated heterocycles. The van der Waals surface area contributed by atoms with Crippen LogP contribution in [-0.2, 0) is 13.0 Å². The molecule has 2 N–H and O–H groups in total. The van der Waals surface area contributed by atoms with Crippen LogP contribution in [0, 0.1) is 18.3 Å². The van der Waals surface area contributed by atoms with Crippen molar-refractivity contribution < 1.29 is 4.52 Å². The van der Waals surface area contributed by atoms with Crippen molar-refractivity contribution in [2.75, 3.05) is 5.73 Å². The van der Waals surface area contributed by atoms with Crippen molar-refractivity contribution in [1.29, 1.82) is 5.26 Å². The second-order valence-electron chi connectivity index (χ2n) is 4.42. The van der Waals surface area contributed by atoms with Gasteiger partial charge < -0.3 is 14.8 Å². The number of hydrogen-bond donors (Lipinski definition) is 1. The van der Waals surface area contributed by atoms with Crippen LogP contribution in [0.2, 0.25) is 0 Å². The van der Waals surface area contributed by atoms with Crippen LogP contribution >= 0.6 is 0 Å². The third kappa shape index (κ3) is 2.07. The Labute approximate surface area is 114 Å². The van der Waals surface area contributed by atoms with Crippen molar-refractivity contribution >= 4 is 17.0 Å². The second kappa shape index (κ2) is 4.66. The van der Waals surface area contributed by atoms with E-state index in [1.807, 2.05) is 4.57 Å². The summed E-state index contributed by atoms with van der Waals surface area (Å²) in [6.45, 7) is 2.34. The van der Waals surface area contributed by atoms with Crippen molar-refractivity contribution in [3.8, 4) is 6.07 Å². The van der Waals surface area contributed by atoms with Crippen LogP contribution in [0.5, 0.6) is 0 Å². The number of aryl methyl sites for hydroxylation is 3. The van der Waals surface area contributed by atoms with E-state index in [9.17, 15) is 0 Å². The van der Waals surface area contributed by atoms with E-state index < -0.39 is 0 Å². The molecule has 0 unspecified atom stereocenters. The van der Waals surface area contributed by atoms with Gasteiger partial charge in [0.2, 0.25) is 11.8 Å². The third-order valence-corrected chi connectivity index (χ3v) is 3.03. The number of aromatic nitrogens is 4. The summed E-state index contributed by atoms with van der Waals surface area (Å²) < 4.78 is 6.91. The molecular weight excluding hydrogens is 256 g/mol. The van der Waals surface area contributed by atoms with Crippen molar-refractivity contribution in [2.24, 2.45) is 0 Å². The van der Waals surface area contributed by atoms with Crippen molar-refractivity contribution in [1.82, 2.24) is 19.7 Å². The molecule has 0 spiro atoms. The van der Waals surface area contributed by atoms with Crippen LogP contribution in [-0.4, -0.2) is 19.7 Å². The molecule has 7 heteroatoms. The molecule has 0 saturated carbocycles. The van der Waals surface area contributed by atoms with Crippen molar-refractivity contribution in [3.63, 3.8) is 0 Å². The fourth-order valence-corrected chi connectivity index (χ4v) is 2.09. The number of imidazole rings is 1. The Morgan fingerprint density at radius 1 is 1.40 bits per heavy atom. The zero-order valence-corrected chi connectivity index (χ0v) is 10.9. The smallest absolute Gasteiger partial charge is 0.228 e. The van der Waals surface area contributed by atoms with Gasteiger partial charge in [0.15, 0.2) is 5.82 Å². The second-order valence-corrected chi connectivity index (χ2v) is 4.42. The Morgan fingerprint density at radius 3 is 2.95 bits per heavy atom. The largest absolute Gasteiger partial charge is 0.369 e. The maximum absolute atomic E-state index is 8.96. The molecule has 100 valence electrons. The highest BCUT2D eigenvalue weighted by Crippen LogP contribution is 2.19. The molecule has 0 aliphatic rings. The van der Waals surface area contributed by atoms with Gasteiger partial charge in [-0.25, -0.2) is 4.98 Å².